The zero-order chi connectivity index (χ0) is 24.8. The smallest absolute Gasteiger partial charge is 0.329 e. The van der Waals surface area contributed by atoms with Crippen molar-refractivity contribution in [3.05, 3.63) is 54.3 Å². The molecule has 0 amide bonds. The molecular weight excluding hydrogens is 467 g/mol. The first-order valence-electron chi connectivity index (χ1n) is 11.8. The third-order valence-electron chi connectivity index (χ3n) is 6.52. The Labute approximate surface area is 209 Å². The Morgan fingerprint density at radius 3 is 2.49 bits per heavy atom. The highest BCUT2D eigenvalue weighted by Crippen LogP contribution is 2.41. The third kappa shape index (κ3) is 6.24. The topological polar surface area (TPSA) is 73.6 Å². The Balaban J connectivity index is 1.61. The van der Waals surface area contributed by atoms with Crippen LogP contribution in [0, 0.1) is 17.7 Å². The number of hydrogen-bond donors (Lipinski definition) is 1. The molecule has 1 N–H and O–H groups in total. The van der Waals surface area contributed by atoms with Gasteiger partial charge in [0.2, 0.25) is 0 Å². The molecule has 4 rings (SSSR count). The molecule has 186 valence electrons. The van der Waals surface area contributed by atoms with E-state index < -0.39 is 5.97 Å². The van der Waals surface area contributed by atoms with Gasteiger partial charge in [-0.1, -0.05) is 30.3 Å². The van der Waals surface area contributed by atoms with Gasteiger partial charge in [-0.15, -0.1) is 11.8 Å². The van der Waals surface area contributed by atoms with Gasteiger partial charge in [0, 0.05) is 23.7 Å². The molecule has 0 spiro atoms. The fourth-order valence-corrected chi connectivity index (χ4v) is 5.54. The first-order chi connectivity index (χ1) is 17.0. The molecule has 2 aromatic carbocycles. The van der Waals surface area contributed by atoms with Crippen LogP contribution >= 0.6 is 11.8 Å². The maximum atomic E-state index is 14.5. The minimum atomic E-state index is -0.928. The van der Waals surface area contributed by atoms with E-state index >= 15 is 0 Å². The maximum absolute atomic E-state index is 14.5. The number of halogens is 1. The van der Waals surface area contributed by atoms with Gasteiger partial charge in [-0.25, -0.2) is 9.18 Å². The van der Waals surface area contributed by atoms with E-state index in [0.29, 0.717) is 24.2 Å². The molecule has 0 radical (unpaired) electrons. The summed E-state index contributed by atoms with van der Waals surface area (Å²) >= 11 is 1.62. The normalized spacial score (nSPS) is 17.9. The largest absolute Gasteiger partial charge is 0.497 e. The molecular formula is C27H31FN2O4S. The fourth-order valence-electron chi connectivity index (χ4n) is 4.80. The van der Waals surface area contributed by atoms with Crippen LogP contribution in [-0.4, -0.2) is 47.4 Å². The number of hydrogen-bond acceptors (Lipinski definition) is 5. The highest BCUT2D eigenvalue weighted by molar-refractivity contribution is 7.98. The van der Waals surface area contributed by atoms with Gasteiger partial charge in [0.05, 0.1) is 13.7 Å². The highest BCUT2D eigenvalue weighted by Gasteiger charge is 2.26. The van der Waals surface area contributed by atoms with E-state index in [1.165, 1.54) is 6.07 Å². The Morgan fingerprint density at radius 1 is 1.11 bits per heavy atom. The Hall–Kier alpha value is -2.84. The number of aliphatic carboxylic acids is 1. The molecule has 0 bridgehead atoms. The van der Waals surface area contributed by atoms with Crippen molar-refractivity contribution in [2.75, 3.05) is 26.6 Å². The van der Waals surface area contributed by atoms with Crippen molar-refractivity contribution in [3.63, 3.8) is 0 Å². The molecule has 0 aliphatic heterocycles. The summed E-state index contributed by atoms with van der Waals surface area (Å²) in [6, 6.07) is 14.8. The first kappa shape index (κ1) is 25.3. The SMILES string of the molecule is COc1cc(F)cc(-c2c(-c3ccccc3)nn(C[C@H]3CC[C@@H](COCC(=O)O)CC3)c2SC)c1. The van der Waals surface area contributed by atoms with Crippen molar-refractivity contribution < 1.29 is 23.8 Å². The number of carboxylic acids is 1. The molecule has 1 aliphatic carbocycles. The van der Waals surface area contributed by atoms with Crippen LogP contribution in [0.3, 0.4) is 0 Å². The summed E-state index contributed by atoms with van der Waals surface area (Å²) in [6.07, 6.45) is 6.13. The average molecular weight is 499 g/mol. The van der Waals surface area contributed by atoms with Crippen LogP contribution in [0.15, 0.2) is 53.6 Å². The third-order valence-corrected chi connectivity index (χ3v) is 7.32. The van der Waals surface area contributed by atoms with Crippen molar-refractivity contribution in [2.24, 2.45) is 11.8 Å². The summed E-state index contributed by atoms with van der Waals surface area (Å²) in [5.74, 6) is 0.0697. The minimum absolute atomic E-state index is 0.236. The second-order valence-corrected chi connectivity index (χ2v) is 9.75. The minimum Gasteiger partial charge on any atom is -0.497 e. The van der Waals surface area contributed by atoms with Gasteiger partial charge in [0.1, 0.15) is 28.9 Å². The Morgan fingerprint density at radius 2 is 1.83 bits per heavy atom. The molecule has 0 atom stereocenters. The molecule has 0 unspecified atom stereocenters. The zero-order valence-electron chi connectivity index (χ0n) is 20.1. The van der Waals surface area contributed by atoms with Gasteiger partial charge >= 0.3 is 5.97 Å². The second kappa shape index (κ2) is 11.7. The van der Waals surface area contributed by atoms with Crippen molar-refractivity contribution >= 4 is 17.7 Å². The van der Waals surface area contributed by atoms with Crippen LogP contribution in [0.4, 0.5) is 4.39 Å². The number of benzene rings is 2. The zero-order valence-corrected chi connectivity index (χ0v) is 20.9. The lowest BCUT2D eigenvalue weighted by Gasteiger charge is -2.28. The molecule has 8 heteroatoms. The summed E-state index contributed by atoms with van der Waals surface area (Å²) in [4.78, 5) is 10.7. The molecule has 1 heterocycles. The quantitative estimate of drug-likeness (QED) is 0.346. The molecule has 1 aliphatic rings. The molecule has 6 nitrogen and oxygen atoms in total. The van der Waals surface area contributed by atoms with Crippen LogP contribution in [0.1, 0.15) is 25.7 Å². The molecule has 3 aromatic rings. The number of rotatable bonds is 10. The van der Waals surface area contributed by atoms with E-state index in [1.807, 2.05) is 42.7 Å². The summed E-state index contributed by atoms with van der Waals surface area (Å²) in [5.41, 5.74) is 3.48. The number of aromatic nitrogens is 2. The lowest BCUT2D eigenvalue weighted by Crippen LogP contribution is -2.23. The van der Waals surface area contributed by atoms with Gasteiger partial charge in [-0.3, -0.25) is 4.68 Å². The van der Waals surface area contributed by atoms with E-state index in [-0.39, 0.29) is 12.4 Å². The second-order valence-electron chi connectivity index (χ2n) is 8.96. The van der Waals surface area contributed by atoms with Crippen LogP contribution in [0.5, 0.6) is 5.75 Å². The van der Waals surface area contributed by atoms with Crippen LogP contribution < -0.4 is 4.74 Å². The monoisotopic (exact) mass is 498 g/mol. The first-order valence-corrected chi connectivity index (χ1v) is 13.1. The van der Waals surface area contributed by atoms with E-state index in [9.17, 15) is 9.18 Å². The van der Waals surface area contributed by atoms with Crippen LogP contribution in [0.2, 0.25) is 0 Å². The number of ether oxygens (including phenoxy) is 2. The van der Waals surface area contributed by atoms with Crippen molar-refractivity contribution in [2.45, 2.75) is 37.3 Å². The average Bonchev–Trinajstić information content (AvgIpc) is 3.23. The Bertz CT molecular complexity index is 1140. The molecule has 35 heavy (non-hydrogen) atoms. The fraction of sp³-hybridized carbons (Fsp3) is 0.407. The number of thioether (sulfide) groups is 1. The van der Waals surface area contributed by atoms with Crippen molar-refractivity contribution in [3.8, 4) is 28.1 Å². The van der Waals surface area contributed by atoms with Crippen molar-refractivity contribution in [1.82, 2.24) is 9.78 Å². The Kier molecular flexibility index (Phi) is 8.46. The van der Waals surface area contributed by atoms with Crippen LogP contribution in [0.25, 0.3) is 22.4 Å². The maximum Gasteiger partial charge on any atom is 0.329 e. The highest BCUT2D eigenvalue weighted by atomic mass is 32.2. The van der Waals surface area contributed by atoms with Crippen LogP contribution in [-0.2, 0) is 16.1 Å². The predicted molar refractivity (Wildman–Crippen MR) is 135 cm³/mol. The molecule has 0 saturated heterocycles. The van der Waals surface area contributed by atoms with Gasteiger partial charge in [-0.05, 0) is 61.5 Å². The van der Waals surface area contributed by atoms with Crippen molar-refractivity contribution in [1.29, 1.82) is 0 Å². The van der Waals surface area contributed by atoms with E-state index in [2.05, 4.69) is 4.68 Å². The number of carboxylic acid groups (broad SMARTS) is 1. The summed E-state index contributed by atoms with van der Waals surface area (Å²) in [7, 11) is 1.54. The number of nitrogens with zero attached hydrogens (tertiary/aromatic N) is 2. The predicted octanol–water partition coefficient (Wildman–Crippen LogP) is 5.99. The molecule has 1 saturated carbocycles. The summed E-state index contributed by atoms with van der Waals surface area (Å²) in [5, 5.41) is 14.8. The van der Waals surface area contributed by atoms with Gasteiger partial charge in [-0.2, -0.15) is 5.10 Å². The molecule has 1 fully saturated rings. The van der Waals surface area contributed by atoms with Gasteiger partial charge in [0.25, 0.3) is 0 Å². The standard InChI is InChI=1S/C27H31FN2O4S/c1-33-23-13-21(12-22(28)14-23)25-26(20-6-4-3-5-7-20)29-30(27(25)35-2)15-18-8-10-19(11-9-18)16-34-17-24(31)32/h3-7,12-14,18-19H,8-11,15-17H2,1-2H3,(H,31,32)/t18-,19+. The van der Waals surface area contributed by atoms with Gasteiger partial charge in [0.15, 0.2) is 0 Å². The lowest BCUT2D eigenvalue weighted by atomic mass is 9.82. The van der Waals surface area contributed by atoms with Gasteiger partial charge < -0.3 is 14.6 Å². The van der Waals surface area contributed by atoms with E-state index in [0.717, 1.165) is 59.6 Å². The number of carbonyl (C=O) groups is 1. The number of methoxy groups -OCH3 is 1. The molecule has 1 aromatic heterocycles. The lowest BCUT2D eigenvalue weighted by molar-refractivity contribution is -0.142. The van der Waals surface area contributed by atoms with E-state index in [4.69, 9.17) is 19.7 Å². The summed E-state index contributed by atoms with van der Waals surface area (Å²) < 4.78 is 27.2. The summed E-state index contributed by atoms with van der Waals surface area (Å²) in [6.45, 7) is 1.05. The van der Waals surface area contributed by atoms with E-state index in [1.54, 1.807) is 24.9 Å².